The summed E-state index contributed by atoms with van der Waals surface area (Å²) in [5, 5.41) is 3.49. The standard InChI is InChI=1S/C18H28N2O/c1-3-12-20(14-17-8-5-11-19-17)18(21)10-9-16-7-4-6-15(2)13-16/h4,6-7,13,17,19H,3,5,8-12,14H2,1-2H3. The molecule has 0 bridgehead atoms. The van der Waals surface area contributed by atoms with Crippen molar-refractivity contribution in [3.05, 3.63) is 35.4 Å². The van der Waals surface area contributed by atoms with Gasteiger partial charge in [-0.05, 0) is 44.7 Å². The maximum absolute atomic E-state index is 12.5. The van der Waals surface area contributed by atoms with Crippen molar-refractivity contribution in [1.82, 2.24) is 10.2 Å². The first kappa shape index (κ1) is 16.0. The lowest BCUT2D eigenvalue weighted by atomic mass is 10.1. The number of benzene rings is 1. The molecule has 116 valence electrons. The van der Waals surface area contributed by atoms with E-state index in [0.717, 1.165) is 32.5 Å². The lowest BCUT2D eigenvalue weighted by Gasteiger charge is -2.25. The normalized spacial score (nSPS) is 17.9. The molecule has 3 nitrogen and oxygen atoms in total. The van der Waals surface area contributed by atoms with Crippen LogP contribution in [0.25, 0.3) is 0 Å². The first-order valence-electron chi connectivity index (χ1n) is 8.25. The Kier molecular flexibility index (Phi) is 6.24. The van der Waals surface area contributed by atoms with Crippen molar-refractivity contribution in [2.24, 2.45) is 0 Å². The van der Waals surface area contributed by atoms with Gasteiger partial charge in [-0.3, -0.25) is 4.79 Å². The quantitative estimate of drug-likeness (QED) is 0.836. The van der Waals surface area contributed by atoms with E-state index in [4.69, 9.17) is 0 Å². The Bertz CT molecular complexity index is 452. The van der Waals surface area contributed by atoms with Crippen LogP contribution in [0.1, 0.15) is 43.7 Å². The number of hydrogen-bond donors (Lipinski definition) is 1. The third-order valence-electron chi connectivity index (χ3n) is 4.16. The van der Waals surface area contributed by atoms with Crippen molar-refractivity contribution in [2.45, 2.75) is 52.0 Å². The molecule has 1 heterocycles. The molecule has 1 saturated heterocycles. The highest BCUT2D eigenvalue weighted by atomic mass is 16.2. The average molecular weight is 288 g/mol. The molecule has 0 spiro atoms. The van der Waals surface area contributed by atoms with E-state index in [2.05, 4.69) is 48.3 Å². The summed E-state index contributed by atoms with van der Waals surface area (Å²) in [5.74, 6) is 0.298. The molecule has 21 heavy (non-hydrogen) atoms. The summed E-state index contributed by atoms with van der Waals surface area (Å²) in [5.41, 5.74) is 2.53. The number of carbonyl (C=O) groups is 1. The second-order valence-electron chi connectivity index (χ2n) is 6.12. The summed E-state index contributed by atoms with van der Waals surface area (Å²) in [6, 6.07) is 8.96. The third kappa shape index (κ3) is 5.16. The van der Waals surface area contributed by atoms with Crippen LogP contribution in [0.3, 0.4) is 0 Å². The minimum absolute atomic E-state index is 0.298. The molecule has 3 heteroatoms. The molecule has 1 unspecified atom stereocenters. The van der Waals surface area contributed by atoms with Gasteiger partial charge in [-0.25, -0.2) is 0 Å². The highest BCUT2D eigenvalue weighted by Gasteiger charge is 2.20. The molecular formula is C18H28N2O. The summed E-state index contributed by atoms with van der Waals surface area (Å²) >= 11 is 0. The van der Waals surface area contributed by atoms with Crippen molar-refractivity contribution in [3.63, 3.8) is 0 Å². The molecule has 0 radical (unpaired) electrons. The van der Waals surface area contributed by atoms with Crippen LogP contribution in [0.5, 0.6) is 0 Å². The Morgan fingerprint density at radius 3 is 2.95 bits per heavy atom. The monoisotopic (exact) mass is 288 g/mol. The van der Waals surface area contributed by atoms with Crippen LogP contribution in [0.15, 0.2) is 24.3 Å². The SMILES string of the molecule is CCCN(CC1CCCN1)C(=O)CCc1cccc(C)c1. The molecule has 1 atom stereocenters. The number of aryl methyl sites for hydroxylation is 2. The number of carbonyl (C=O) groups excluding carboxylic acids is 1. The van der Waals surface area contributed by atoms with E-state index in [-0.39, 0.29) is 0 Å². The molecule has 1 aliphatic heterocycles. The summed E-state index contributed by atoms with van der Waals surface area (Å²) in [4.78, 5) is 14.5. The molecule has 0 saturated carbocycles. The summed E-state index contributed by atoms with van der Waals surface area (Å²) in [7, 11) is 0. The van der Waals surface area contributed by atoms with Crippen LogP contribution in [-0.4, -0.2) is 36.5 Å². The molecule has 1 aromatic carbocycles. The van der Waals surface area contributed by atoms with E-state index in [1.54, 1.807) is 0 Å². The average Bonchev–Trinajstić information content (AvgIpc) is 2.97. The van der Waals surface area contributed by atoms with Gasteiger partial charge in [0.05, 0.1) is 0 Å². The first-order chi connectivity index (χ1) is 10.2. The molecule has 0 aliphatic carbocycles. The zero-order valence-electron chi connectivity index (χ0n) is 13.4. The van der Waals surface area contributed by atoms with Gasteiger partial charge in [0, 0.05) is 25.6 Å². The highest BCUT2D eigenvalue weighted by Crippen LogP contribution is 2.11. The van der Waals surface area contributed by atoms with Crippen LogP contribution in [-0.2, 0) is 11.2 Å². The van der Waals surface area contributed by atoms with Crippen molar-refractivity contribution in [2.75, 3.05) is 19.6 Å². The number of amides is 1. The maximum Gasteiger partial charge on any atom is 0.222 e. The fraction of sp³-hybridized carbons (Fsp3) is 0.611. The minimum Gasteiger partial charge on any atom is -0.341 e. The predicted octanol–water partition coefficient (Wildman–Crippen LogP) is 2.92. The fourth-order valence-corrected chi connectivity index (χ4v) is 3.04. The minimum atomic E-state index is 0.298. The van der Waals surface area contributed by atoms with Crippen LogP contribution >= 0.6 is 0 Å². The van der Waals surface area contributed by atoms with E-state index in [1.807, 2.05) is 0 Å². The Morgan fingerprint density at radius 1 is 1.43 bits per heavy atom. The molecule has 1 N–H and O–H groups in total. The first-order valence-corrected chi connectivity index (χ1v) is 8.25. The van der Waals surface area contributed by atoms with Gasteiger partial charge in [0.15, 0.2) is 0 Å². The zero-order valence-corrected chi connectivity index (χ0v) is 13.4. The fourth-order valence-electron chi connectivity index (χ4n) is 3.04. The van der Waals surface area contributed by atoms with E-state index in [9.17, 15) is 4.79 Å². The third-order valence-corrected chi connectivity index (χ3v) is 4.16. The van der Waals surface area contributed by atoms with Gasteiger partial charge < -0.3 is 10.2 Å². The maximum atomic E-state index is 12.5. The lowest BCUT2D eigenvalue weighted by Crippen LogP contribution is -2.41. The Morgan fingerprint density at radius 2 is 2.29 bits per heavy atom. The van der Waals surface area contributed by atoms with Gasteiger partial charge in [-0.15, -0.1) is 0 Å². The van der Waals surface area contributed by atoms with Gasteiger partial charge in [-0.2, -0.15) is 0 Å². The summed E-state index contributed by atoms with van der Waals surface area (Å²) in [6.07, 6.45) is 4.94. The van der Waals surface area contributed by atoms with E-state index < -0.39 is 0 Å². The number of nitrogens with one attached hydrogen (secondary N) is 1. The topological polar surface area (TPSA) is 32.3 Å². The van der Waals surface area contributed by atoms with Crippen LogP contribution in [0.4, 0.5) is 0 Å². The van der Waals surface area contributed by atoms with Gasteiger partial charge in [0.25, 0.3) is 0 Å². The van der Waals surface area contributed by atoms with E-state index in [1.165, 1.54) is 24.0 Å². The number of nitrogens with zero attached hydrogens (tertiary/aromatic N) is 1. The van der Waals surface area contributed by atoms with E-state index in [0.29, 0.717) is 18.4 Å². The zero-order chi connectivity index (χ0) is 15.1. The molecule has 1 amide bonds. The van der Waals surface area contributed by atoms with Gasteiger partial charge in [0.2, 0.25) is 5.91 Å². The van der Waals surface area contributed by atoms with Crippen LogP contribution in [0.2, 0.25) is 0 Å². The Labute approximate surface area is 128 Å². The molecule has 0 aromatic heterocycles. The molecular weight excluding hydrogens is 260 g/mol. The molecule has 2 rings (SSSR count). The van der Waals surface area contributed by atoms with Crippen LogP contribution < -0.4 is 5.32 Å². The largest absolute Gasteiger partial charge is 0.341 e. The predicted molar refractivity (Wildman–Crippen MR) is 87.4 cm³/mol. The van der Waals surface area contributed by atoms with Gasteiger partial charge in [0.1, 0.15) is 0 Å². The lowest BCUT2D eigenvalue weighted by molar-refractivity contribution is -0.131. The number of rotatable bonds is 7. The summed E-state index contributed by atoms with van der Waals surface area (Å²) in [6.45, 7) is 7.09. The second kappa shape index (κ2) is 8.18. The smallest absolute Gasteiger partial charge is 0.222 e. The summed E-state index contributed by atoms with van der Waals surface area (Å²) < 4.78 is 0. The van der Waals surface area contributed by atoms with Crippen molar-refractivity contribution >= 4 is 5.91 Å². The van der Waals surface area contributed by atoms with Crippen molar-refractivity contribution in [3.8, 4) is 0 Å². The van der Waals surface area contributed by atoms with Crippen LogP contribution in [0, 0.1) is 6.92 Å². The van der Waals surface area contributed by atoms with Gasteiger partial charge >= 0.3 is 0 Å². The van der Waals surface area contributed by atoms with Crippen molar-refractivity contribution < 1.29 is 4.79 Å². The highest BCUT2D eigenvalue weighted by molar-refractivity contribution is 5.76. The van der Waals surface area contributed by atoms with Crippen molar-refractivity contribution in [1.29, 1.82) is 0 Å². The molecule has 1 aromatic rings. The van der Waals surface area contributed by atoms with E-state index >= 15 is 0 Å². The Hall–Kier alpha value is -1.35. The second-order valence-corrected chi connectivity index (χ2v) is 6.12. The van der Waals surface area contributed by atoms with Gasteiger partial charge in [-0.1, -0.05) is 36.8 Å². The molecule has 1 aliphatic rings. The molecule has 1 fully saturated rings. The Balaban J connectivity index is 1.85. The number of hydrogen-bond acceptors (Lipinski definition) is 2.